The maximum absolute atomic E-state index is 12.7. The molecule has 0 bridgehead atoms. The Labute approximate surface area is 238 Å². The molecule has 3 aromatic rings. The Balaban J connectivity index is 1.46. The number of carbonyl (C=O) groups excluding carboxylic acids is 4. The van der Waals surface area contributed by atoms with Gasteiger partial charge in [-0.15, -0.1) is 0 Å². The van der Waals surface area contributed by atoms with Crippen molar-refractivity contribution in [2.45, 2.75) is 37.5 Å². The number of esters is 1. The molecule has 0 saturated heterocycles. The number of carbonyl (C=O) groups is 4. The van der Waals surface area contributed by atoms with E-state index in [2.05, 4.69) is 15.6 Å². The molecule has 1 heterocycles. The lowest BCUT2D eigenvalue weighted by Gasteiger charge is -2.09. The van der Waals surface area contributed by atoms with Gasteiger partial charge in [0.25, 0.3) is 21.8 Å². The van der Waals surface area contributed by atoms with Crippen molar-refractivity contribution >= 4 is 33.7 Å². The lowest BCUT2D eigenvalue weighted by Crippen LogP contribution is -2.32. The Hall–Kier alpha value is -4.58. The Bertz CT molecular complexity index is 1440. The van der Waals surface area contributed by atoms with Crippen molar-refractivity contribution in [3.8, 4) is 0 Å². The molecule has 41 heavy (non-hydrogen) atoms. The lowest BCUT2D eigenvalue weighted by atomic mass is 10.1. The fourth-order valence-electron chi connectivity index (χ4n) is 3.58. The second-order valence-electron chi connectivity index (χ2n) is 9.00. The van der Waals surface area contributed by atoms with Crippen LogP contribution in [0, 0.1) is 0 Å². The average molecular weight is 581 g/mol. The van der Waals surface area contributed by atoms with Crippen molar-refractivity contribution in [1.82, 2.24) is 20.3 Å². The minimum absolute atomic E-state index is 0.0596. The summed E-state index contributed by atoms with van der Waals surface area (Å²) in [5, 5.41) is 5.21. The summed E-state index contributed by atoms with van der Waals surface area (Å²) in [5.41, 5.74) is 1.77. The number of rotatable bonds is 14. The molecule has 0 fully saturated rings. The van der Waals surface area contributed by atoms with E-state index in [0.717, 1.165) is 17.3 Å². The largest absolute Gasteiger partial charge is 0.464 e. The number of nitrogens with zero attached hydrogens (tertiary/aromatic N) is 1. The highest BCUT2D eigenvalue weighted by Gasteiger charge is 2.20. The zero-order valence-corrected chi connectivity index (χ0v) is 23.4. The van der Waals surface area contributed by atoms with Crippen molar-refractivity contribution in [1.29, 1.82) is 0 Å². The van der Waals surface area contributed by atoms with Gasteiger partial charge >= 0.3 is 5.97 Å². The molecule has 0 unspecified atom stereocenters. The van der Waals surface area contributed by atoms with Gasteiger partial charge in [0.1, 0.15) is 12.2 Å². The molecule has 0 radical (unpaired) electrons. The van der Waals surface area contributed by atoms with E-state index in [9.17, 15) is 27.6 Å². The van der Waals surface area contributed by atoms with E-state index in [1.165, 1.54) is 24.3 Å². The van der Waals surface area contributed by atoms with E-state index < -0.39 is 27.8 Å². The van der Waals surface area contributed by atoms with E-state index in [1.54, 1.807) is 12.1 Å². The minimum atomic E-state index is -4.17. The highest BCUT2D eigenvalue weighted by atomic mass is 32.2. The zero-order valence-electron chi connectivity index (χ0n) is 22.6. The third-order valence-corrected chi connectivity index (χ3v) is 7.15. The number of aryl methyl sites for hydroxylation is 1. The first-order valence-electron chi connectivity index (χ1n) is 13.0. The monoisotopic (exact) mass is 580 g/mol. The highest BCUT2D eigenvalue weighted by molar-refractivity contribution is 7.90. The normalized spacial score (nSPS) is 10.9. The third kappa shape index (κ3) is 10.2. The van der Waals surface area contributed by atoms with Gasteiger partial charge in [-0.2, -0.15) is 0 Å². The van der Waals surface area contributed by atoms with Crippen LogP contribution in [-0.4, -0.2) is 56.8 Å². The molecule has 0 saturated carbocycles. The van der Waals surface area contributed by atoms with Crippen LogP contribution in [0.1, 0.15) is 51.7 Å². The summed E-state index contributed by atoms with van der Waals surface area (Å²) in [4.78, 5) is 52.0. The van der Waals surface area contributed by atoms with Crippen LogP contribution >= 0.6 is 0 Å². The van der Waals surface area contributed by atoms with Crippen LogP contribution in [0.4, 0.5) is 0 Å². The Morgan fingerprint density at radius 1 is 0.829 bits per heavy atom. The summed E-state index contributed by atoms with van der Waals surface area (Å²) < 4.78 is 32.2. The smallest absolute Gasteiger partial charge is 0.325 e. The van der Waals surface area contributed by atoms with Gasteiger partial charge in [0, 0.05) is 19.2 Å². The number of sulfonamides is 1. The average Bonchev–Trinajstić information content (AvgIpc) is 2.98. The quantitative estimate of drug-likeness (QED) is 0.245. The first-order chi connectivity index (χ1) is 19.7. The van der Waals surface area contributed by atoms with Crippen molar-refractivity contribution in [2.75, 3.05) is 19.7 Å². The Morgan fingerprint density at radius 3 is 2.20 bits per heavy atom. The van der Waals surface area contributed by atoms with Crippen LogP contribution in [0.3, 0.4) is 0 Å². The molecule has 216 valence electrons. The van der Waals surface area contributed by atoms with Gasteiger partial charge in [-0.1, -0.05) is 49.4 Å². The molecule has 0 aliphatic carbocycles. The van der Waals surface area contributed by atoms with Crippen molar-refractivity contribution in [3.63, 3.8) is 0 Å². The molecule has 0 atom stereocenters. The first-order valence-corrected chi connectivity index (χ1v) is 14.5. The molecular formula is C29H32N4O7S. The van der Waals surface area contributed by atoms with Crippen molar-refractivity contribution in [3.05, 3.63) is 95.3 Å². The number of hydrogen-bond acceptors (Lipinski definition) is 8. The number of amides is 3. The summed E-state index contributed by atoms with van der Waals surface area (Å²) in [6.07, 6.45) is 3.25. The maximum atomic E-state index is 12.7. The molecule has 3 N–H and O–H groups in total. The second-order valence-corrected chi connectivity index (χ2v) is 10.7. The molecular weight excluding hydrogens is 548 g/mol. The summed E-state index contributed by atoms with van der Waals surface area (Å²) in [7, 11) is -4.17. The van der Waals surface area contributed by atoms with Crippen LogP contribution in [0.2, 0.25) is 0 Å². The van der Waals surface area contributed by atoms with Gasteiger partial charge in [-0.25, -0.2) is 13.1 Å². The molecule has 2 aromatic carbocycles. The SMILES string of the molecule is CCCOC(=O)CNC(=O)c1ccc(C(=O)NS(=O)(=O)c2ccc(CCNC(=O)CCc3ccccc3)cc2)cn1. The van der Waals surface area contributed by atoms with E-state index >= 15 is 0 Å². The number of hydrogen-bond donors (Lipinski definition) is 3. The number of benzene rings is 2. The minimum Gasteiger partial charge on any atom is -0.464 e. The van der Waals surface area contributed by atoms with Gasteiger partial charge in [0.05, 0.1) is 17.1 Å². The number of nitrogens with one attached hydrogen (secondary N) is 3. The lowest BCUT2D eigenvalue weighted by molar-refractivity contribution is -0.142. The van der Waals surface area contributed by atoms with Gasteiger partial charge in [0.2, 0.25) is 5.91 Å². The Morgan fingerprint density at radius 2 is 1.54 bits per heavy atom. The third-order valence-electron chi connectivity index (χ3n) is 5.80. The highest BCUT2D eigenvalue weighted by Crippen LogP contribution is 2.12. The van der Waals surface area contributed by atoms with E-state index in [-0.39, 0.29) is 35.2 Å². The van der Waals surface area contributed by atoms with Crippen molar-refractivity contribution < 1.29 is 32.3 Å². The molecule has 12 heteroatoms. The standard InChI is InChI=1S/C29H32N4O7S/c1-2-18-40-27(35)20-32-29(37)25-14-11-23(19-31-25)28(36)33-41(38,39)24-12-8-22(9-13-24)16-17-30-26(34)15-10-21-6-4-3-5-7-21/h3-9,11-14,19H,2,10,15-18,20H2,1H3,(H,30,34)(H,32,37)(H,33,36). The van der Waals surface area contributed by atoms with E-state index in [1.807, 2.05) is 42.0 Å². The number of aromatic nitrogens is 1. The molecule has 0 aliphatic heterocycles. The maximum Gasteiger partial charge on any atom is 0.325 e. The Kier molecular flexibility index (Phi) is 11.5. The molecule has 1 aromatic heterocycles. The second kappa shape index (κ2) is 15.3. The van der Waals surface area contributed by atoms with Gasteiger partial charge in [-0.3, -0.25) is 24.2 Å². The number of ether oxygens (including phenoxy) is 1. The van der Waals surface area contributed by atoms with Crippen LogP contribution in [-0.2, 0) is 37.2 Å². The first kappa shape index (κ1) is 31.0. The van der Waals surface area contributed by atoms with Gasteiger partial charge in [0.15, 0.2) is 0 Å². The van der Waals surface area contributed by atoms with Gasteiger partial charge in [-0.05, 0) is 54.7 Å². The molecule has 0 spiro atoms. The topological polar surface area (TPSA) is 161 Å². The summed E-state index contributed by atoms with van der Waals surface area (Å²) in [6.45, 7) is 2.16. The molecule has 0 aliphatic rings. The van der Waals surface area contributed by atoms with Gasteiger partial charge < -0.3 is 15.4 Å². The fourth-order valence-corrected chi connectivity index (χ4v) is 4.56. The molecule has 3 amide bonds. The number of pyridine rings is 1. The van der Waals surface area contributed by atoms with E-state index in [4.69, 9.17) is 4.74 Å². The fraction of sp³-hybridized carbons (Fsp3) is 0.276. The summed E-state index contributed by atoms with van der Waals surface area (Å²) >= 11 is 0. The van der Waals surface area contributed by atoms with E-state index in [0.29, 0.717) is 32.2 Å². The molecule has 3 rings (SSSR count). The zero-order chi connectivity index (χ0) is 29.7. The van der Waals surface area contributed by atoms with Crippen LogP contribution in [0.15, 0.2) is 77.8 Å². The molecule has 11 nitrogen and oxygen atoms in total. The van der Waals surface area contributed by atoms with Crippen LogP contribution in [0.5, 0.6) is 0 Å². The summed E-state index contributed by atoms with van der Waals surface area (Å²) in [5.74, 6) is -2.22. The summed E-state index contributed by atoms with van der Waals surface area (Å²) in [6, 6.07) is 18.2. The predicted octanol–water partition coefficient (Wildman–Crippen LogP) is 2.17. The van der Waals surface area contributed by atoms with Crippen LogP contribution < -0.4 is 15.4 Å². The van der Waals surface area contributed by atoms with Crippen LogP contribution in [0.25, 0.3) is 0 Å². The van der Waals surface area contributed by atoms with Crippen molar-refractivity contribution in [2.24, 2.45) is 0 Å². The predicted molar refractivity (Wildman–Crippen MR) is 150 cm³/mol.